The predicted octanol–water partition coefficient (Wildman–Crippen LogP) is 0.252. The number of morpholine rings is 1. The molecule has 23 heavy (non-hydrogen) atoms. The van der Waals surface area contributed by atoms with Crippen LogP contribution in [0.2, 0.25) is 0 Å². The number of benzene rings is 1. The van der Waals surface area contributed by atoms with E-state index in [0.717, 1.165) is 5.56 Å². The maximum Gasteiger partial charge on any atom is 0.334 e. The predicted molar refractivity (Wildman–Crippen MR) is 78.8 cm³/mol. The zero-order valence-corrected chi connectivity index (χ0v) is 12.3. The Morgan fingerprint density at radius 2 is 2.09 bits per heavy atom. The summed E-state index contributed by atoms with van der Waals surface area (Å²) in [5.41, 5.74) is 1.25. The molecular weight excluding hydrogens is 300 g/mol. The zero-order valence-electron chi connectivity index (χ0n) is 12.3. The van der Waals surface area contributed by atoms with Crippen LogP contribution in [0.25, 0.3) is 0 Å². The first-order valence-corrected chi connectivity index (χ1v) is 7.21. The summed E-state index contributed by atoms with van der Waals surface area (Å²) in [5, 5.41) is 16.8. The smallest absolute Gasteiger partial charge is 0.334 e. The molecule has 0 unspecified atom stereocenters. The van der Waals surface area contributed by atoms with E-state index in [1.807, 2.05) is 30.3 Å². The number of hydrogen-bond donors (Lipinski definition) is 1. The summed E-state index contributed by atoms with van der Waals surface area (Å²) in [4.78, 5) is 24.8. The highest BCUT2D eigenvalue weighted by atomic mass is 16.5. The van der Waals surface area contributed by atoms with Gasteiger partial charge in [0.25, 0.3) is 5.91 Å². The summed E-state index contributed by atoms with van der Waals surface area (Å²) < 4.78 is 6.69. The average molecular weight is 316 g/mol. The van der Waals surface area contributed by atoms with Gasteiger partial charge in [0.05, 0.1) is 25.9 Å². The summed E-state index contributed by atoms with van der Waals surface area (Å²) in [6.07, 6.45) is 0.577. The first-order valence-electron chi connectivity index (χ1n) is 7.21. The van der Waals surface area contributed by atoms with E-state index in [1.54, 1.807) is 10.9 Å². The summed E-state index contributed by atoms with van der Waals surface area (Å²) in [5.74, 6) is -1.41. The summed E-state index contributed by atoms with van der Waals surface area (Å²) >= 11 is 0. The topological polar surface area (TPSA) is 97.6 Å². The SMILES string of the molecule is O=C(O)[C@H]1CN(C(=O)c2cn(Cc3ccccc3)nn2)CCO1. The van der Waals surface area contributed by atoms with Gasteiger partial charge in [-0.3, -0.25) is 4.79 Å². The van der Waals surface area contributed by atoms with Gasteiger partial charge in [-0.25, -0.2) is 9.48 Å². The molecule has 1 aromatic carbocycles. The minimum absolute atomic E-state index is 0.0136. The molecule has 120 valence electrons. The lowest BCUT2D eigenvalue weighted by Gasteiger charge is -2.30. The van der Waals surface area contributed by atoms with Crippen molar-refractivity contribution in [1.82, 2.24) is 19.9 Å². The third-order valence-corrected chi connectivity index (χ3v) is 3.57. The number of aliphatic carboxylic acids is 1. The lowest BCUT2D eigenvalue weighted by atomic mass is 10.2. The first-order chi connectivity index (χ1) is 11.1. The molecule has 1 aliphatic heterocycles. The van der Waals surface area contributed by atoms with E-state index < -0.39 is 12.1 Å². The molecule has 1 saturated heterocycles. The highest BCUT2D eigenvalue weighted by Gasteiger charge is 2.30. The quantitative estimate of drug-likeness (QED) is 0.868. The molecule has 2 aromatic rings. The Balaban J connectivity index is 1.67. The average Bonchev–Trinajstić information content (AvgIpc) is 3.03. The number of ether oxygens (including phenoxy) is 1. The number of hydrogen-bond acceptors (Lipinski definition) is 5. The van der Waals surface area contributed by atoms with E-state index in [-0.39, 0.29) is 24.8 Å². The standard InChI is InChI=1S/C15H16N4O4/c20-14(18-6-7-23-13(10-18)15(21)22)12-9-19(17-16-12)8-11-4-2-1-3-5-11/h1-5,9,13H,6-8,10H2,(H,21,22)/t13-/m1/s1. The van der Waals surface area contributed by atoms with Crippen molar-refractivity contribution in [2.75, 3.05) is 19.7 Å². The molecule has 3 rings (SSSR count). The molecule has 0 aliphatic carbocycles. The molecule has 0 bridgehead atoms. The van der Waals surface area contributed by atoms with Crippen molar-refractivity contribution in [3.63, 3.8) is 0 Å². The molecule has 0 spiro atoms. The fourth-order valence-electron chi connectivity index (χ4n) is 2.39. The minimum atomic E-state index is -1.07. The van der Waals surface area contributed by atoms with Crippen molar-refractivity contribution in [3.8, 4) is 0 Å². The van der Waals surface area contributed by atoms with Gasteiger partial charge in [0.2, 0.25) is 0 Å². The van der Waals surface area contributed by atoms with Crippen LogP contribution in [0.1, 0.15) is 16.1 Å². The van der Waals surface area contributed by atoms with Crippen molar-refractivity contribution in [2.45, 2.75) is 12.6 Å². The molecule has 1 aromatic heterocycles. The Morgan fingerprint density at radius 1 is 1.30 bits per heavy atom. The fourth-order valence-corrected chi connectivity index (χ4v) is 2.39. The Labute approximate surface area is 132 Å². The fraction of sp³-hybridized carbons (Fsp3) is 0.333. The van der Waals surface area contributed by atoms with Crippen LogP contribution in [0, 0.1) is 0 Å². The van der Waals surface area contributed by atoms with Gasteiger partial charge in [-0.2, -0.15) is 0 Å². The lowest BCUT2D eigenvalue weighted by Crippen LogP contribution is -2.48. The summed E-state index contributed by atoms with van der Waals surface area (Å²) in [7, 11) is 0. The molecule has 8 nitrogen and oxygen atoms in total. The highest BCUT2D eigenvalue weighted by Crippen LogP contribution is 2.10. The van der Waals surface area contributed by atoms with Crippen LogP contribution in [0.15, 0.2) is 36.5 Å². The van der Waals surface area contributed by atoms with E-state index in [2.05, 4.69) is 10.3 Å². The number of carboxylic acids is 1. The van der Waals surface area contributed by atoms with Crippen LogP contribution in [0.4, 0.5) is 0 Å². The van der Waals surface area contributed by atoms with E-state index in [0.29, 0.717) is 13.1 Å². The van der Waals surface area contributed by atoms with Gasteiger partial charge in [-0.15, -0.1) is 5.10 Å². The maximum atomic E-state index is 12.4. The van der Waals surface area contributed by atoms with Gasteiger partial charge < -0.3 is 14.7 Å². The van der Waals surface area contributed by atoms with Crippen molar-refractivity contribution in [1.29, 1.82) is 0 Å². The highest BCUT2D eigenvalue weighted by molar-refractivity contribution is 5.92. The number of amides is 1. The Morgan fingerprint density at radius 3 is 2.83 bits per heavy atom. The van der Waals surface area contributed by atoms with Crippen molar-refractivity contribution >= 4 is 11.9 Å². The van der Waals surface area contributed by atoms with Crippen LogP contribution < -0.4 is 0 Å². The van der Waals surface area contributed by atoms with Gasteiger partial charge in [-0.05, 0) is 5.56 Å². The molecular formula is C15H16N4O4. The van der Waals surface area contributed by atoms with Crippen LogP contribution in [0.5, 0.6) is 0 Å². The molecule has 0 saturated carbocycles. The molecule has 1 atom stereocenters. The molecule has 1 N–H and O–H groups in total. The van der Waals surface area contributed by atoms with Gasteiger partial charge >= 0.3 is 5.97 Å². The number of carbonyl (C=O) groups is 2. The van der Waals surface area contributed by atoms with Crippen LogP contribution in [0.3, 0.4) is 0 Å². The molecule has 1 fully saturated rings. The third-order valence-electron chi connectivity index (χ3n) is 3.57. The van der Waals surface area contributed by atoms with E-state index >= 15 is 0 Å². The van der Waals surface area contributed by atoms with Gasteiger partial charge in [-0.1, -0.05) is 35.5 Å². The number of rotatable bonds is 4. The lowest BCUT2D eigenvalue weighted by molar-refractivity contribution is -0.154. The summed E-state index contributed by atoms with van der Waals surface area (Å²) in [6.45, 7) is 1.07. The zero-order chi connectivity index (χ0) is 16.2. The second-order valence-electron chi connectivity index (χ2n) is 5.24. The number of carboxylic acid groups (broad SMARTS) is 1. The van der Waals surface area contributed by atoms with Gasteiger partial charge in [0.1, 0.15) is 0 Å². The van der Waals surface area contributed by atoms with Crippen molar-refractivity contribution in [3.05, 3.63) is 47.8 Å². The second kappa shape index (κ2) is 6.57. The van der Waals surface area contributed by atoms with Crippen LogP contribution in [-0.2, 0) is 16.1 Å². The second-order valence-corrected chi connectivity index (χ2v) is 5.24. The van der Waals surface area contributed by atoms with Crippen molar-refractivity contribution < 1.29 is 19.4 Å². The summed E-state index contributed by atoms with van der Waals surface area (Å²) in [6, 6.07) is 9.71. The molecule has 1 amide bonds. The first kappa shape index (κ1) is 15.2. The Bertz CT molecular complexity index is 701. The minimum Gasteiger partial charge on any atom is -0.479 e. The molecule has 2 heterocycles. The monoisotopic (exact) mass is 316 g/mol. The molecule has 8 heteroatoms. The third kappa shape index (κ3) is 3.54. The van der Waals surface area contributed by atoms with E-state index in [4.69, 9.17) is 9.84 Å². The van der Waals surface area contributed by atoms with E-state index in [1.165, 1.54) is 4.90 Å². The number of nitrogens with zero attached hydrogens (tertiary/aromatic N) is 4. The van der Waals surface area contributed by atoms with E-state index in [9.17, 15) is 9.59 Å². The van der Waals surface area contributed by atoms with Crippen molar-refractivity contribution in [2.24, 2.45) is 0 Å². The molecule has 1 aliphatic rings. The Kier molecular flexibility index (Phi) is 4.33. The largest absolute Gasteiger partial charge is 0.479 e. The van der Waals surface area contributed by atoms with Crippen LogP contribution in [-0.4, -0.2) is 62.7 Å². The van der Waals surface area contributed by atoms with Crippen LogP contribution >= 0.6 is 0 Å². The maximum absolute atomic E-state index is 12.4. The normalized spacial score (nSPS) is 17.9. The van der Waals surface area contributed by atoms with Gasteiger partial charge in [0.15, 0.2) is 11.8 Å². The number of aromatic nitrogens is 3. The number of carbonyl (C=O) groups excluding carboxylic acids is 1. The molecule has 0 radical (unpaired) electrons. The van der Waals surface area contributed by atoms with Gasteiger partial charge in [0, 0.05) is 6.54 Å². The Hall–Kier alpha value is -2.74.